The molecule has 0 bridgehead atoms. The van der Waals surface area contributed by atoms with Gasteiger partial charge in [-0.2, -0.15) is 0 Å². The normalized spacial score (nSPS) is 10.5. The summed E-state index contributed by atoms with van der Waals surface area (Å²) in [6.07, 6.45) is 6.20. The molecule has 0 saturated carbocycles. The number of ether oxygens (including phenoxy) is 2. The van der Waals surface area contributed by atoms with Crippen molar-refractivity contribution in [1.82, 2.24) is 4.98 Å². The van der Waals surface area contributed by atoms with E-state index in [1.54, 1.807) is 30.6 Å². The van der Waals surface area contributed by atoms with Crippen molar-refractivity contribution >= 4 is 17.8 Å². The number of hydrogen-bond donors (Lipinski definition) is 1. The summed E-state index contributed by atoms with van der Waals surface area (Å²) >= 11 is 0. The van der Waals surface area contributed by atoms with Crippen molar-refractivity contribution in [2.45, 2.75) is 0 Å². The molecule has 0 fully saturated rings. The molecule has 1 aromatic heterocycles. The lowest BCUT2D eigenvalue weighted by atomic mass is 10.0. The van der Waals surface area contributed by atoms with E-state index < -0.39 is 5.97 Å². The van der Waals surface area contributed by atoms with E-state index in [1.807, 2.05) is 0 Å². The zero-order chi connectivity index (χ0) is 16.8. The first-order chi connectivity index (χ1) is 11.1. The Labute approximate surface area is 133 Å². The van der Waals surface area contributed by atoms with Gasteiger partial charge in [-0.05, 0) is 29.8 Å². The van der Waals surface area contributed by atoms with Crippen LogP contribution >= 0.6 is 0 Å². The second-order valence-corrected chi connectivity index (χ2v) is 4.54. The molecule has 1 N–H and O–H groups in total. The fourth-order valence-electron chi connectivity index (χ4n) is 1.99. The van der Waals surface area contributed by atoms with Gasteiger partial charge in [-0.1, -0.05) is 6.08 Å². The van der Waals surface area contributed by atoms with Crippen molar-refractivity contribution in [3.05, 3.63) is 59.4 Å². The van der Waals surface area contributed by atoms with Gasteiger partial charge in [0.25, 0.3) is 0 Å². The highest BCUT2D eigenvalue weighted by Gasteiger charge is 2.19. The molecule has 23 heavy (non-hydrogen) atoms. The van der Waals surface area contributed by atoms with Crippen LogP contribution in [-0.2, 0) is 0 Å². The minimum atomic E-state index is -1.18. The standard InChI is InChI=1S/C17H15NO5/c1-22-15-10-16(23-2)13(17(20)21)9-12(15)14(19)4-3-11-5-7-18-8-6-11/h3-10H,1-2H3,(H,20,21)/b4-3-. The predicted octanol–water partition coefficient (Wildman–Crippen LogP) is 2.69. The lowest BCUT2D eigenvalue weighted by Crippen LogP contribution is -2.06. The number of aromatic carboxylic acids is 1. The Bertz CT molecular complexity index is 753. The summed E-state index contributed by atoms with van der Waals surface area (Å²) in [5.41, 5.74) is 0.851. The molecule has 0 unspecified atom stereocenters. The van der Waals surface area contributed by atoms with E-state index in [1.165, 1.54) is 32.4 Å². The Morgan fingerprint density at radius 1 is 1.04 bits per heavy atom. The summed E-state index contributed by atoms with van der Waals surface area (Å²) in [6, 6.07) is 6.13. The maximum Gasteiger partial charge on any atom is 0.339 e. The van der Waals surface area contributed by atoms with Gasteiger partial charge < -0.3 is 14.6 Å². The van der Waals surface area contributed by atoms with Crippen molar-refractivity contribution in [1.29, 1.82) is 0 Å². The molecule has 6 heteroatoms. The van der Waals surface area contributed by atoms with Crippen LogP contribution in [0.1, 0.15) is 26.3 Å². The van der Waals surface area contributed by atoms with E-state index in [0.717, 1.165) is 5.56 Å². The number of nitrogens with zero attached hydrogens (tertiary/aromatic N) is 1. The lowest BCUT2D eigenvalue weighted by Gasteiger charge is -2.11. The quantitative estimate of drug-likeness (QED) is 0.652. The number of aromatic nitrogens is 1. The number of methoxy groups -OCH3 is 2. The third-order valence-electron chi connectivity index (χ3n) is 3.15. The third-order valence-corrected chi connectivity index (χ3v) is 3.15. The van der Waals surface area contributed by atoms with Gasteiger partial charge in [-0.3, -0.25) is 9.78 Å². The second kappa shape index (κ2) is 7.22. The number of hydrogen-bond acceptors (Lipinski definition) is 5. The van der Waals surface area contributed by atoms with Gasteiger partial charge in [0.05, 0.1) is 19.8 Å². The van der Waals surface area contributed by atoms with Crippen LogP contribution in [0.5, 0.6) is 11.5 Å². The fraction of sp³-hybridized carbons (Fsp3) is 0.118. The van der Waals surface area contributed by atoms with Crippen molar-refractivity contribution < 1.29 is 24.2 Å². The summed E-state index contributed by atoms with van der Waals surface area (Å²) in [5.74, 6) is -1.18. The maximum atomic E-state index is 12.4. The highest BCUT2D eigenvalue weighted by Crippen LogP contribution is 2.29. The van der Waals surface area contributed by atoms with Gasteiger partial charge in [0, 0.05) is 18.5 Å². The number of ketones is 1. The Balaban J connectivity index is 2.41. The SMILES string of the molecule is COc1cc(OC)c(C(=O)/C=C\c2ccncc2)cc1C(=O)O. The molecule has 2 aromatic rings. The first kappa shape index (κ1) is 16.2. The maximum absolute atomic E-state index is 12.4. The summed E-state index contributed by atoms with van der Waals surface area (Å²) < 4.78 is 10.2. The second-order valence-electron chi connectivity index (χ2n) is 4.54. The number of allylic oxidation sites excluding steroid dienone is 1. The molecule has 118 valence electrons. The number of carbonyl (C=O) groups excluding carboxylic acids is 1. The molecule has 0 aliphatic rings. The van der Waals surface area contributed by atoms with Crippen LogP contribution in [0.2, 0.25) is 0 Å². The van der Waals surface area contributed by atoms with Crippen molar-refractivity contribution in [2.75, 3.05) is 14.2 Å². The smallest absolute Gasteiger partial charge is 0.339 e. The van der Waals surface area contributed by atoms with E-state index in [9.17, 15) is 14.7 Å². The molecule has 0 amide bonds. The Morgan fingerprint density at radius 3 is 2.22 bits per heavy atom. The van der Waals surface area contributed by atoms with E-state index in [2.05, 4.69) is 4.98 Å². The third kappa shape index (κ3) is 3.74. The van der Waals surface area contributed by atoms with E-state index in [4.69, 9.17) is 9.47 Å². The molecule has 2 rings (SSSR count). The number of carboxylic acids is 1. The zero-order valence-electron chi connectivity index (χ0n) is 12.6. The minimum absolute atomic E-state index is 0.103. The first-order valence-electron chi connectivity index (χ1n) is 6.68. The van der Waals surface area contributed by atoms with Crippen molar-refractivity contribution in [2.24, 2.45) is 0 Å². The van der Waals surface area contributed by atoms with Gasteiger partial charge in [0.1, 0.15) is 17.1 Å². The minimum Gasteiger partial charge on any atom is -0.496 e. The molecular formula is C17H15NO5. The van der Waals surface area contributed by atoms with Crippen molar-refractivity contribution in [3.63, 3.8) is 0 Å². The van der Waals surface area contributed by atoms with E-state index >= 15 is 0 Å². The van der Waals surface area contributed by atoms with E-state index in [-0.39, 0.29) is 28.4 Å². The van der Waals surface area contributed by atoms with Crippen LogP contribution in [0, 0.1) is 0 Å². The van der Waals surface area contributed by atoms with Crippen LogP contribution in [0.15, 0.2) is 42.7 Å². The van der Waals surface area contributed by atoms with Gasteiger partial charge in [-0.25, -0.2) is 4.79 Å². The van der Waals surface area contributed by atoms with Crippen LogP contribution < -0.4 is 9.47 Å². The fourth-order valence-corrected chi connectivity index (χ4v) is 1.99. The van der Waals surface area contributed by atoms with Gasteiger partial charge >= 0.3 is 5.97 Å². The number of carboxylic acid groups (broad SMARTS) is 1. The number of rotatable bonds is 6. The predicted molar refractivity (Wildman–Crippen MR) is 84.1 cm³/mol. The van der Waals surface area contributed by atoms with Gasteiger partial charge in [-0.15, -0.1) is 0 Å². The average molecular weight is 313 g/mol. The van der Waals surface area contributed by atoms with Crippen LogP contribution in [0.25, 0.3) is 6.08 Å². The largest absolute Gasteiger partial charge is 0.496 e. The van der Waals surface area contributed by atoms with Crippen LogP contribution in [0.4, 0.5) is 0 Å². The molecule has 0 spiro atoms. The van der Waals surface area contributed by atoms with Gasteiger partial charge in [0.2, 0.25) is 0 Å². The summed E-state index contributed by atoms with van der Waals surface area (Å²) in [7, 11) is 2.75. The number of benzene rings is 1. The molecule has 0 radical (unpaired) electrons. The van der Waals surface area contributed by atoms with E-state index in [0.29, 0.717) is 0 Å². The average Bonchev–Trinajstić information content (AvgIpc) is 2.59. The molecular weight excluding hydrogens is 298 g/mol. The monoisotopic (exact) mass is 313 g/mol. The Hall–Kier alpha value is -3.15. The summed E-state index contributed by atoms with van der Waals surface area (Å²) in [6.45, 7) is 0. The Kier molecular flexibility index (Phi) is 5.09. The first-order valence-corrected chi connectivity index (χ1v) is 6.68. The van der Waals surface area contributed by atoms with Crippen molar-refractivity contribution in [3.8, 4) is 11.5 Å². The summed E-state index contributed by atoms with van der Waals surface area (Å²) in [5, 5.41) is 9.22. The highest BCUT2D eigenvalue weighted by molar-refractivity contribution is 6.10. The molecule has 6 nitrogen and oxygen atoms in total. The topological polar surface area (TPSA) is 85.7 Å². The summed E-state index contributed by atoms with van der Waals surface area (Å²) in [4.78, 5) is 27.5. The lowest BCUT2D eigenvalue weighted by molar-refractivity contribution is 0.0693. The molecule has 0 saturated heterocycles. The highest BCUT2D eigenvalue weighted by atomic mass is 16.5. The van der Waals surface area contributed by atoms with Crippen LogP contribution in [-0.4, -0.2) is 36.1 Å². The molecule has 0 aliphatic carbocycles. The van der Waals surface area contributed by atoms with Crippen LogP contribution in [0.3, 0.4) is 0 Å². The molecule has 1 aromatic carbocycles. The van der Waals surface area contributed by atoms with Gasteiger partial charge in [0.15, 0.2) is 5.78 Å². The molecule has 0 atom stereocenters. The number of carbonyl (C=O) groups is 2. The zero-order valence-corrected chi connectivity index (χ0v) is 12.6. The number of pyridine rings is 1. The molecule has 0 aliphatic heterocycles. The Morgan fingerprint density at radius 2 is 1.65 bits per heavy atom. The molecule has 1 heterocycles.